The quantitative estimate of drug-likeness (QED) is 0.499. The minimum absolute atomic E-state index is 0.0604. The van der Waals surface area contributed by atoms with E-state index in [2.05, 4.69) is 0 Å². The second-order valence-electron chi connectivity index (χ2n) is 5.15. The van der Waals surface area contributed by atoms with Gasteiger partial charge in [0, 0.05) is 25.2 Å². The Bertz CT molecular complexity index is 538. The van der Waals surface area contributed by atoms with Crippen molar-refractivity contribution in [3.05, 3.63) is 29.6 Å². The Labute approximate surface area is 127 Å². The fourth-order valence-corrected chi connectivity index (χ4v) is 3.34. The van der Waals surface area contributed by atoms with E-state index >= 15 is 0 Å². The highest BCUT2D eigenvalue weighted by atomic mass is 32.2. The Morgan fingerprint density at radius 2 is 2.29 bits per heavy atom. The standard InChI is InChI=1S/C14H19N3O3S/c1-10(21-12-6-2-3-8-17(12)20)14(19)16-7-4-5-11(9-16)13(15)18/h2-3,6,8,10-11H,4-5,7,9H2,1H3,(H2,15,18). The number of hydrogen-bond donors (Lipinski definition) is 1. The second-order valence-corrected chi connectivity index (χ2v) is 6.51. The summed E-state index contributed by atoms with van der Waals surface area (Å²) in [6.07, 6.45) is 2.92. The zero-order valence-corrected chi connectivity index (χ0v) is 12.7. The van der Waals surface area contributed by atoms with Crippen LogP contribution in [0.25, 0.3) is 0 Å². The summed E-state index contributed by atoms with van der Waals surface area (Å²) in [5, 5.41) is 11.7. The number of hydrogen-bond acceptors (Lipinski definition) is 4. The molecule has 1 aliphatic rings. The van der Waals surface area contributed by atoms with Gasteiger partial charge in [0.2, 0.25) is 11.8 Å². The number of carbonyl (C=O) groups is 2. The Hall–Kier alpha value is -1.76. The Kier molecular flexibility index (Phi) is 5.06. The van der Waals surface area contributed by atoms with E-state index in [1.54, 1.807) is 30.0 Å². The first-order valence-corrected chi connectivity index (χ1v) is 7.80. The van der Waals surface area contributed by atoms with Gasteiger partial charge >= 0.3 is 0 Å². The van der Waals surface area contributed by atoms with Crippen LogP contribution in [0.2, 0.25) is 0 Å². The third kappa shape index (κ3) is 3.87. The SMILES string of the molecule is CC(Sc1cccc[n+]1[O-])C(=O)N1CCCC(C(N)=O)C1. The predicted octanol–water partition coefficient (Wildman–Crippen LogP) is 0.524. The van der Waals surface area contributed by atoms with Crippen molar-refractivity contribution in [1.82, 2.24) is 4.90 Å². The first-order chi connectivity index (χ1) is 9.99. The Morgan fingerprint density at radius 1 is 1.52 bits per heavy atom. The van der Waals surface area contributed by atoms with Gasteiger partial charge in [-0.25, -0.2) is 0 Å². The molecule has 1 aromatic rings. The molecule has 0 radical (unpaired) electrons. The molecule has 0 aromatic carbocycles. The summed E-state index contributed by atoms with van der Waals surface area (Å²) in [4.78, 5) is 25.4. The molecule has 6 nitrogen and oxygen atoms in total. The number of piperidine rings is 1. The Balaban J connectivity index is 1.99. The molecule has 2 rings (SSSR count). The van der Waals surface area contributed by atoms with Crippen LogP contribution in [0, 0.1) is 11.1 Å². The largest absolute Gasteiger partial charge is 0.618 e. The fraction of sp³-hybridized carbons (Fsp3) is 0.500. The lowest BCUT2D eigenvalue weighted by Gasteiger charge is -2.32. The van der Waals surface area contributed by atoms with Crippen molar-refractivity contribution in [1.29, 1.82) is 0 Å². The van der Waals surface area contributed by atoms with Gasteiger partial charge in [-0.1, -0.05) is 0 Å². The number of nitrogens with two attached hydrogens (primary N) is 1. The number of pyridine rings is 1. The molecular weight excluding hydrogens is 290 g/mol. The zero-order chi connectivity index (χ0) is 15.4. The van der Waals surface area contributed by atoms with E-state index in [0.717, 1.165) is 17.6 Å². The zero-order valence-electron chi connectivity index (χ0n) is 11.9. The minimum atomic E-state index is -0.376. The number of carbonyl (C=O) groups excluding carboxylic acids is 2. The van der Waals surface area contributed by atoms with E-state index in [9.17, 15) is 14.8 Å². The summed E-state index contributed by atoms with van der Waals surface area (Å²) in [5.41, 5.74) is 5.32. The molecule has 2 N–H and O–H groups in total. The van der Waals surface area contributed by atoms with Gasteiger partial charge in [-0.15, -0.1) is 0 Å². The van der Waals surface area contributed by atoms with Gasteiger partial charge in [-0.05, 0) is 37.6 Å². The molecule has 0 saturated carbocycles. The molecule has 21 heavy (non-hydrogen) atoms. The highest BCUT2D eigenvalue weighted by Crippen LogP contribution is 2.24. The summed E-state index contributed by atoms with van der Waals surface area (Å²) in [5.74, 6) is -0.677. The second kappa shape index (κ2) is 6.80. The summed E-state index contributed by atoms with van der Waals surface area (Å²) in [6.45, 7) is 2.79. The van der Waals surface area contributed by atoms with Gasteiger partial charge in [0.05, 0.1) is 11.2 Å². The van der Waals surface area contributed by atoms with E-state index in [-0.39, 0.29) is 23.0 Å². The minimum Gasteiger partial charge on any atom is -0.618 e. The van der Waals surface area contributed by atoms with E-state index in [1.165, 1.54) is 18.0 Å². The van der Waals surface area contributed by atoms with E-state index < -0.39 is 0 Å². The van der Waals surface area contributed by atoms with E-state index in [4.69, 9.17) is 5.73 Å². The molecular formula is C14H19N3O3S. The van der Waals surface area contributed by atoms with Crippen LogP contribution in [0.5, 0.6) is 0 Å². The number of nitrogens with zero attached hydrogens (tertiary/aromatic N) is 2. The first kappa shape index (κ1) is 15.6. The van der Waals surface area contributed by atoms with Gasteiger partial charge in [-0.2, -0.15) is 4.73 Å². The third-order valence-electron chi connectivity index (χ3n) is 3.57. The molecule has 2 heterocycles. The van der Waals surface area contributed by atoms with Crippen LogP contribution in [0.1, 0.15) is 19.8 Å². The molecule has 2 atom stereocenters. The van der Waals surface area contributed by atoms with Crippen molar-refractivity contribution in [3.63, 3.8) is 0 Å². The summed E-state index contributed by atoms with van der Waals surface area (Å²) < 4.78 is 0.747. The number of amides is 2. The molecule has 1 aliphatic heterocycles. The highest BCUT2D eigenvalue weighted by molar-refractivity contribution is 8.00. The van der Waals surface area contributed by atoms with Crippen molar-refractivity contribution in [3.8, 4) is 0 Å². The topological polar surface area (TPSA) is 90.3 Å². The first-order valence-electron chi connectivity index (χ1n) is 6.92. The monoisotopic (exact) mass is 309 g/mol. The molecule has 114 valence electrons. The van der Waals surface area contributed by atoms with Crippen molar-refractivity contribution in [2.75, 3.05) is 13.1 Å². The molecule has 0 spiro atoms. The summed E-state index contributed by atoms with van der Waals surface area (Å²) >= 11 is 1.22. The summed E-state index contributed by atoms with van der Waals surface area (Å²) in [6, 6.07) is 5.09. The lowest BCUT2D eigenvalue weighted by Crippen LogP contribution is -2.46. The highest BCUT2D eigenvalue weighted by Gasteiger charge is 2.30. The van der Waals surface area contributed by atoms with E-state index in [0.29, 0.717) is 18.1 Å². The number of thioether (sulfide) groups is 1. The maximum Gasteiger partial charge on any atom is 0.252 e. The Morgan fingerprint density at radius 3 is 2.95 bits per heavy atom. The summed E-state index contributed by atoms with van der Waals surface area (Å²) in [7, 11) is 0. The third-order valence-corrected chi connectivity index (χ3v) is 4.68. The molecule has 0 aliphatic carbocycles. The van der Waals surface area contributed by atoms with Gasteiger partial charge in [0.25, 0.3) is 5.03 Å². The molecule has 1 fully saturated rings. The average molecular weight is 309 g/mol. The normalized spacial score (nSPS) is 20.0. The van der Waals surface area contributed by atoms with Crippen LogP contribution in [-0.4, -0.2) is 35.1 Å². The van der Waals surface area contributed by atoms with Crippen molar-refractivity contribution in [2.45, 2.75) is 30.0 Å². The van der Waals surface area contributed by atoms with Gasteiger partial charge < -0.3 is 15.8 Å². The number of aromatic nitrogens is 1. The van der Waals surface area contributed by atoms with Crippen LogP contribution < -0.4 is 10.5 Å². The number of rotatable bonds is 4. The van der Waals surface area contributed by atoms with Gasteiger partial charge in [-0.3, -0.25) is 9.59 Å². The van der Waals surface area contributed by atoms with Crippen LogP contribution in [0.3, 0.4) is 0 Å². The van der Waals surface area contributed by atoms with Crippen molar-refractivity contribution < 1.29 is 14.3 Å². The lowest BCUT2D eigenvalue weighted by atomic mass is 9.97. The number of likely N-dealkylation sites (tertiary alicyclic amines) is 1. The molecule has 2 amide bonds. The van der Waals surface area contributed by atoms with Crippen molar-refractivity contribution >= 4 is 23.6 Å². The number of primary amides is 1. The van der Waals surface area contributed by atoms with Crippen LogP contribution >= 0.6 is 11.8 Å². The fourth-order valence-electron chi connectivity index (χ4n) is 2.40. The predicted molar refractivity (Wildman–Crippen MR) is 79.2 cm³/mol. The van der Waals surface area contributed by atoms with E-state index in [1.807, 2.05) is 0 Å². The molecule has 1 saturated heterocycles. The molecule has 1 aromatic heterocycles. The van der Waals surface area contributed by atoms with Crippen LogP contribution in [-0.2, 0) is 9.59 Å². The lowest BCUT2D eigenvalue weighted by molar-refractivity contribution is -0.645. The molecule has 2 unspecified atom stereocenters. The smallest absolute Gasteiger partial charge is 0.252 e. The molecule has 0 bridgehead atoms. The maximum absolute atomic E-state index is 12.4. The molecule has 7 heteroatoms. The van der Waals surface area contributed by atoms with Crippen LogP contribution in [0.4, 0.5) is 0 Å². The maximum atomic E-state index is 12.4. The van der Waals surface area contributed by atoms with Gasteiger partial charge in [0.1, 0.15) is 0 Å². The van der Waals surface area contributed by atoms with Crippen molar-refractivity contribution in [2.24, 2.45) is 11.7 Å². The van der Waals surface area contributed by atoms with Gasteiger partial charge in [0.15, 0.2) is 6.20 Å². The van der Waals surface area contributed by atoms with Crippen LogP contribution in [0.15, 0.2) is 29.4 Å². The average Bonchev–Trinajstić information content (AvgIpc) is 2.49.